The van der Waals surface area contributed by atoms with Crippen LogP contribution >= 0.6 is 0 Å². The van der Waals surface area contributed by atoms with Gasteiger partial charge in [0.2, 0.25) is 0 Å². The van der Waals surface area contributed by atoms with Gasteiger partial charge in [0.15, 0.2) is 5.41 Å². The van der Waals surface area contributed by atoms with Gasteiger partial charge in [-0.2, -0.15) is 0 Å². The summed E-state index contributed by atoms with van der Waals surface area (Å²) >= 11 is 0. The molecule has 1 amide bonds. The Morgan fingerprint density at radius 3 is 3.08 bits per heavy atom. The number of aryl methyl sites for hydroxylation is 1. The Labute approximate surface area is 140 Å². The summed E-state index contributed by atoms with van der Waals surface area (Å²) in [6, 6.07) is 4.10. The van der Waals surface area contributed by atoms with E-state index in [1.165, 1.54) is 0 Å². The summed E-state index contributed by atoms with van der Waals surface area (Å²) in [4.78, 5) is 13.2. The van der Waals surface area contributed by atoms with E-state index in [9.17, 15) is 4.79 Å². The Balaban J connectivity index is 1.80. The summed E-state index contributed by atoms with van der Waals surface area (Å²) < 4.78 is 12.9. The molecule has 2 N–H and O–H groups in total. The molecule has 6 nitrogen and oxygen atoms in total. The van der Waals surface area contributed by atoms with E-state index < -0.39 is 5.41 Å². The molecule has 0 saturated carbocycles. The normalized spacial score (nSPS) is 25.4. The molecular formula is C18H21N3O3. The van der Waals surface area contributed by atoms with Crippen molar-refractivity contribution >= 4 is 5.91 Å². The highest BCUT2D eigenvalue weighted by molar-refractivity contribution is 6.02. The lowest BCUT2D eigenvalue weighted by molar-refractivity contribution is -0.123. The molecule has 1 unspecified atom stereocenters. The second-order valence-electron chi connectivity index (χ2n) is 6.38. The number of carbonyl (C=O) groups is 1. The van der Waals surface area contributed by atoms with Crippen LogP contribution in [0.2, 0.25) is 0 Å². The largest absolute Gasteiger partial charge is 0.497 e. The first-order chi connectivity index (χ1) is 11.6. The fraction of sp³-hybridized carbons (Fsp3) is 0.389. The van der Waals surface area contributed by atoms with Gasteiger partial charge in [0, 0.05) is 12.2 Å². The van der Waals surface area contributed by atoms with Crippen molar-refractivity contribution in [3.05, 3.63) is 59.5 Å². The van der Waals surface area contributed by atoms with Crippen LogP contribution in [0.15, 0.2) is 48.1 Å². The summed E-state index contributed by atoms with van der Waals surface area (Å²) in [7, 11) is 1.55. The number of nitrogens with zero attached hydrogens (tertiary/aromatic N) is 2. The van der Waals surface area contributed by atoms with Crippen molar-refractivity contribution in [1.82, 2.24) is 4.68 Å². The molecule has 126 valence electrons. The first-order valence-corrected chi connectivity index (χ1v) is 8.17. The number of hydrogen-bond acceptors (Lipinski definition) is 4. The van der Waals surface area contributed by atoms with Gasteiger partial charge in [-0.3, -0.25) is 9.47 Å². The molecule has 4 heterocycles. The number of aromatic nitrogens is 1. The van der Waals surface area contributed by atoms with E-state index in [2.05, 4.69) is 12.6 Å². The van der Waals surface area contributed by atoms with Crippen LogP contribution in [0, 0.1) is 0 Å². The minimum Gasteiger partial charge on any atom is -0.497 e. The average Bonchev–Trinajstić information content (AvgIpc) is 3.14. The summed E-state index contributed by atoms with van der Waals surface area (Å²) in [6.07, 6.45) is 6.46. The van der Waals surface area contributed by atoms with Crippen molar-refractivity contribution in [2.75, 3.05) is 25.3 Å². The number of fused-ring (bicyclic) bond motifs is 1. The van der Waals surface area contributed by atoms with E-state index in [1.54, 1.807) is 19.3 Å². The average molecular weight is 327 g/mol. The van der Waals surface area contributed by atoms with Crippen LogP contribution in [0.25, 0.3) is 0 Å². The zero-order valence-corrected chi connectivity index (χ0v) is 13.7. The number of nitrogens with two attached hydrogens (primary N) is 1. The van der Waals surface area contributed by atoms with Crippen molar-refractivity contribution in [3.63, 3.8) is 0 Å². The van der Waals surface area contributed by atoms with Crippen LogP contribution in [0.5, 0.6) is 0 Å². The number of ether oxygens (including phenoxy) is 2. The van der Waals surface area contributed by atoms with E-state index in [-0.39, 0.29) is 12.5 Å². The van der Waals surface area contributed by atoms with Crippen LogP contribution in [-0.4, -0.2) is 30.8 Å². The Morgan fingerprint density at radius 2 is 2.29 bits per heavy atom. The molecule has 0 saturated heterocycles. The third-order valence-corrected chi connectivity index (χ3v) is 5.12. The van der Waals surface area contributed by atoms with E-state index in [0.717, 1.165) is 30.7 Å². The first kappa shape index (κ1) is 14.9. The highest BCUT2D eigenvalue weighted by Gasteiger charge is 2.58. The fourth-order valence-electron chi connectivity index (χ4n) is 3.77. The molecule has 3 aliphatic heterocycles. The SMILES string of the molecule is C=C(/C=C\C1=C(N)C2(CO1)C(=O)N1CCCCc3ccc2n31)OC. The molecule has 0 bridgehead atoms. The van der Waals surface area contributed by atoms with E-state index in [1.807, 2.05) is 15.8 Å². The van der Waals surface area contributed by atoms with Crippen molar-refractivity contribution in [2.45, 2.75) is 24.7 Å². The molecule has 3 aliphatic rings. The predicted molar refractivity (Wildman–Crippen MR) is 89.6 cm³/mol. The zero-order valence-electron chi connectivity index (χ0n) is 13.7. The molecule has 1 aromatic rings. The maximum absolute atomic E-state index is 13.2. The summed E-state index contributed by atoms with van der Waals surface area (Å²) in [5.74, 6) is 1.02. The maximum Gasteiger partial charge on any atom is 0.263 e. The molecule has 1 spiro atoms. The monoisotopic (exact) mass is 327 g/mol. The number of allylic oxidation sites excluding steroid dienone is 2. The van der Waals surface area contributed by atoms with E-state index in [0.29, 0.717) is 23.8 Å². The first-order valence-electron chi connectivity index (χ1n) is 8.17. The topological polar surface area (TPSA) is 69.7 Å². The van der Waals surface area contributed by atoms with Gasteiger partial charge in [0.1, 0.15) is 18.1 Å². The highest BCUT2D eigenvalue weighted by atomic mass is 16.5. The molecule has 0 aromatic carbocycles. The number of carbonyl (C=O) groups excluding carboxylic acids is 1. The molecule has 24 heavy (non-hydrogen) atoms. The third-order valence-electron chi connectivity index (χ3n) is 5.12. The highest BCUT2D eigenvalue weighted by Crippen LogP contribution is 2.45. The lowest BCUT2D eigenvalue weighted by atomic mass is 9.82. The van der Waals surface area contributed by atoms with Crippen LogP contribution in [-0.2, 0) is 26.1 Å². The van der Waals surface area contributed by atoms with Crippen LogP contribution in [0.4, 0.5) is 0 Å². The summed E-state index contributed by atoms with van der Waals surface area (Å²) in [6.45, 7) is 4.69. The number of rotatable bonds is 3. The second-order valence-corrected chi connectivity index (χ2v) is 6.38. The Morgan fingerprint density at radius 1 is 1.46 bits per heavy atom. The number of hydrogen-bond donors (Lipinski definition) is 1. The number of methoxy groups -OCH3 is 1. The maximum atomic E-state index is 13.2. The van der Waals surface area contributed by atoms with Gasteiger partial charge in [-0.25, -0.2) is 5.01 Å². The smallest absolute Gasteiger partial charge is 0.263 e. The fourth-order valence-corrected chi connectivity index (χ4v) is 3.77. The van der Waals surface area contributed by atoms with E-state index in [4.69, 9.17) is 15.2 Å². The van der Waals surface area contributed by atoms with Gasteiger partial charge >= 0.3 is 0 Å². The zero-order chi connectivity index (χ0) is 16.9. The Bertz CT molecular complexity index is 789. The van der Waals surface area contributed by atoms with Crippen molar-refractivity contribution in [3.8, 4) is 0 Å². The number of amides is 1. The molecule has 1 aromatic heterocycles. The van der Waals surface area contributed by atoms with Crippen LogP contribution in [0.1, 0.15) is 24.2 Å². The summed E-state index contributed by atoms with van der Waals surface area (Å²) in [5.41, 5.74) is 8.03. The van der Waals surface area contributed by atoms with Crippen molar-refractivity contribution in [2.24, 2.45) is 5.73 Å². The van der Waals surface area contributed by atoms with Gasteiger partial charge in [-0.05, 0) is 43.5 Å². The van der Waals surface area contributed by atoms with Gasteiger partial charge in [-0.1, -0.05) is 6.58 Å². The van der Waals surface area contributed by atoms with Gasteiger partial charge < -0.3 is 15.2 Å². The standard InChI is InChI=1S/C18H21N3O3/c1-12(23-2)6-8-14-16(19)18(11-24-14)15-9-7-13-5-3-4-10-20(17(18)22)21(13)15/h6-9H,1,3-5,10-11,19H2,2H3/b8-6-. The quantitative estimate of drug-likeness (QED) is 0.674. The minimum absolute atomic E-state index is 0.00715. The molecule has 0 aliphatic carbocycles. The molecule has 0 radical (unpaired) electrons. The molecule has 1 atom stereocenters. The Hall–Kier alpha value is -2.63. The predicted octanol–water partition coefficient (Wildman–Crippen LogP) is 1.46. The van der Waals surface area contributed by atoms with Crippen molar-refractivity contribution < 1.29 is 14.3 Å². The molecule has 0 fully saturated rings. The van der Waals surface area contributed by atoms with Crippen LogP contribution < -0.4 is 10.7 Å². The minimum atomic E-state index is -0.913. The van der Waals surface area contributed by atoms with Crippen LogP contribution in [0.3, 0.4) is 0 Å². The molecule has 4 rings (SSSR count). The lowest BCUT2D eigenvalue weighted by Crippen LogP contribution is -2.46. The molecule has 6 heteroatoms. The van der Waals surface area contributed by atoms with Gasteiger partial charge in [-0.15, -0.1) is 0 Å². The van der Waals surface area contributed by atoms with Gasteiger partial charge in [0.05, 0.1) is 18.5 Å². The summed E-state index contributed by atoms with van der Waals surface area (Å²) in [5, 5.41) is 1.83. The van der Waals surface area contributed by atoms with Crippen molar-refractivity contribution in [1.29, 1.82) is 0 Å². The molecular weight excluding hydrogens is 306 g/mol. The van der Waals surface area contributed by atoms with Gasteiger partial charge in [0.25, 0.3) is 5.91 Å². The third kappa shape index (κ3) is 1.79. The second kappa shape index (κ2) is 5.19. The Kier molecular flexibility index (Phi) is 3.23. The van der Waals surface area contributed by atoms with E-state index >= 15 is 0 Å². The lowest BCUT2D eigenvalue weighted by Gasteiger charge is -2.21.